The molecule has 0 aliphatic heterocycles. The van der Waals surface area contributed by atoms with Crippen LogP contribution < -0.4 is 10.6 Å². The van der Waals surface area contributed by atoms with Crippen LogP contribution in [0.15, 0.2) is 58.4 Å². The SMILES string of the molecule is CCNC(=NCCS(=O)c1ccccc1)NCCc1cc(F)ccc1F.I. The molecule has 0 saturated carbocycles. The van der Waals surface area contributed by atoms with Gasteiger partial charge in [-0.3, -0.25) is 9.20 Å². The Morgan fingerprint density at radius 2 is 1.85 bits per heavy atom. The molecule has 0 saturated heterocycles. The molecule has 0 spiro atoms. The molecule has 1 unspecified atom stereocenters. The average Bonchev–Trinajstić information content (AvgIpc) is 2.65. The Morgan fingerprint density at radius 3 is 2.56 bits per heavy atom. The summed E-state index contributed by atoms with van der Waals surface area (Å²) >= 11 is 0. The molecule has 0 heterocycles. The van der Waals surface area contributed by atoms with Crippen molar-refractivity contribution in [1.29, 1.82) is 0 Å². The van der Waals surface area contributed by atoms with Crippen LogP contribution in [-0.2, 0) is 17.2 Å². The molecular weight excluding hydrogens is 483 g/mol. The molecule has 0 aliphatic carbocycles. The maximum absolute atomic E-state index is 13.6. The monoisotopic (exact) mass is 507 g/mol. The van der Waals surface area contributed by atoms with E-state index >= 15 is 0 Å². The molecule has 4 nitrogen and oxygen atoms in total. The molecule has 0 radical (unpaired) electrons. The summed E-state index contributed by atoms with van der Waals surface area (Å²) in [5.41, 5.74) is 0.318. The fraction of sp³-hybridized carbons (Fsp3) is 0.316. The minimum atomic E-state index is -1.10. The van der Waals surface area contributed by atoms with Crippen molar-refractivity contribution in [3.05, 3.63) is 65.7 Å². The maximum atomic E-state index is 13.6. The van der Waals surface area contributed by atoms with Gasteiger partial charge < -0.3 is 10.6 Å². The summed E-state index contributed by atoms with van der Waals surface area (Å²) < 4.78 is 39.0. The second-order valence-corrected chi connectivity index (χ2v) is 7.11. The van der Waals surface area contributed by atoms with Crippen LogP contribution in [0.2, 0.25) is 0 Å². The number of nitrogens with zero attached hydrogens (tertiary/aromatic N) is 1. The highest BCUT2D eigenvalue weighted by atomic mass is 127. The Balaban J connectivity index is 0.00000364. The van der Waals surface area contributed by atoms with E-state index in [9.17, 15) is 13.0 Å². The number of hydrogen-bond acceptors (Lipinski definition) is 2. The first-order valence-corrected chi connectivity index (χ1v) is 9.81. The average molecular weight is 507 g/mol. The van der Waals surface area contributed by atoms with Crippen LogP contribution in [-0.4, -0.2) is 35.6 Å². The van der Waals surface area contributed by atoms with E-state index in [1.165, 1.54) is 6.07 Å². The highest BCUT2D eigenvalue weighted by Crippen LogP contribution is 2.09. The van der Waals surface area contributed by atoms with Crippen molar-refractivity contribution in [3.8, 4) is 0 Å². The van der Waals surface area contributed by atoms with E-state index in [1.807, 2.05) is 37.3 Å². The van der Waals surface area contributed by atoms with Crippen LogP contribution in [0.1, 0.15) is 12.5 Å². The Hall–Kier alpha value is -1.55. The summed E-state index contributed by atoms with van der Waals surface area (Å²) in [7, 11) is -1.10. The third-order valence-electron chi connectivity index (χ3n) is 3.59. The molecule has 2 N–H and O–H groups in total. The van der Waals surface area contributed by atoms with E-state index in [0.29, 0.717) is 43.3 Å². The molecule has 2 aromatic rings. The van der Waals surface area contributed by atoms with Gasteiger partial charge in [-0.15, -0.1) is 24.0 Å². The molecule has 0 amide bonds. The Kier molecular flexibility index (Phi) is 11.1. The number of nitrogens with one attached hydrogen (secondary N) is 2. The summed E-state index contributed by atoms with van der Waals surface area (Å²) in [5.74, 6) is 0.104. The molecule has 27 heavy (non-hydrogen) atoms. The van der Waals surface area contributed by atoms with Crippen LogP contribution in [0.4, 0.5) is 8.78 Å². The van der Waals surface area contributed by atoms with Crippen molar-refractivity contribution in [2.75, 3.05) is 25.4 Å². The van der Waals surface area contributed by atoms with Gasteiger partial charge in [0.05, 0.1) is 17.3 Å². The van der Waals surface area contributed by atoms with Crippen molar-refractivity contribution in [3.63, 3.8) is 0 Å². The molecule has 0 fully saturated rings. The lowest BCUT2D eigenvalue weighted by atomic mass is 10.1. The number of halogens is 3. The van der Waals surface area contributed by atoms with Crippen molar-refractivity contribution < 1.29 is 13.0 Å². The first-order valence-electron chi connectivity index (χ1n) is 8.49. The van der Waals surface area contributed by atoms with Crippen molar-refractivity contribution in [2.24, 2.45) is 4.99 Å². The van der Waals surface area contributed by atoms with Gasteiger partial charge in [-0.25, -0.2) is 8.78 Å². The lowest BCUT2D eigenvalue weighted by Crippen LogP contribution is -2.38. The quantitative estimate of drug-likeness (QED) is 0.327. The third-order valence-corrected chi connectivity index (χ3v) is 4.94. The largest absolute Gasteiger partial charge is 0.357 e. The van der Waals surface area contributed by atoms with Crippen molar-refractivity contribution >= 4 is 40.7 Å². The standard InChI is InChI=1S/C19H23F2N3OS.HI/c1-2-22-19(23-11-10-15-14-16(20)8-9-18(15)21)24-12-13-26(25)17-6-4-3-5-7-17;/h3-9,14H,2,10-13H2,1H3,(H2,22,23,24);1H. The Labute approximate surface area is 178 Å². The first-order chi connectivity index (χ1) is 12.6. The van der Waals surface area contributed by atoms with Crippen LogP contribution in [0.5, 0.6) is 0 Å². The minimum Gasteiger partial charge on any atom is -0.357 e. The molecule has 148 valence electrons. The lowest BCUT2D eigenvalue weighted by molar-refractivity contribution is 0.583. The summed E-state index contributed by atoms with van der Waals surface area (Å²) in [4.78, 5) is 5.16. The van der Waals surface area contributed by atoms with E-state index in [-0.39, 0.29) is 24.0 Å². The molecule has 2 aromatic carbocycles. The number of rotatable bonds is 8. The van der Waals surface area contributed by atoms with Gasteiger partial charge in [0.25, 0.3) is 0 Å². The normalized spacial score (nSPS) is 12.2. The van der Waals surface area contributed by atoms with Crippen LogP contribution in [0.3, 0.4) is 0 Å². The van der Waals surface area contributed by atoms with Gasteiger partial charge in [0.1, 0.15) is 11.6 Å². The van der Waals surface area contributed by atoms with E-state index in [4.69, 9.17) is 0 Å². The van der Waals surface area contributed by atoms with Gasteiger partial charge in [-0.1, -0.05) is 18.2 Å². The molecule has 0 aliphatic rings. The minimum absolute atomic E-state index is 0. The first kappa shape index (κ1) is 23.5. The molecule has 2 rings (SSSR count). The fourth-order valence-electron chi connectivity index (χ4n) is 2.32. The highest BCUT2D eigenvalue weighted by molar-refractivity contribution is 14.0. The zero-order valence-corrected chi connectivity index (χ0v) is 18.2. The summed E-state index contributed by atoms with van der Waals surface area (Å²) in [5, 5.41) is 6.16. The molecule has 8 heteroatoms. The predicted octanol–water partition coefficient (Wildman–Crippen LogP) is 3.49. The van der Waals surface area contributed by atoms with Gasteiger partial charge in [-0.2, -0.15) is 0 Å². The lowest BCUT2D eigenvalue weighted by Gasteiger charge is -2.11. The van der Waals surface area contributed by atoms with E-state index < -0.39 is 22.4 Å². The number of aliphatic imine (C=N–C) groups is 1. The predicted molar refractivity (Wildman–Crippen MR) is 117 cm³/mol. The second kappa shape index (κ2) is 12.8. The fourth-order valence-corrected chi connectivity index (χ4v) is 3.28. The number of benzene rings is 2. The van der Waals surface area contributed by atoms with Crippen molar-refractivity contribution in [1.82, 2.24) is 10.6 Å². The summed E-state index contributed by atoms with van der Waals surface area (Å²) in [6, 6.07) is 12.7. The maximum Gasteiger partial charge on any atom is 0.191 e. The summed E-state index contributed by atoms with van der Waals surface area (Å²) in [6.45, 7) is 3.41. The topological polar surface area (TPSA) is 53.5 Å². The van der Waals surface area contributed by atoms with E-state index in [2.05, 4.69) is 15.6 Å². The van der Waals surface area contributed by atoms with E-state index in [0.717, 1.165) is 17.0 Å². The second-order valence-electron chi connectivity index (χ2n) is 5.54. The number of hydrogen-bond donors (Lipinski definition) is 2. The third kappa shape index (κ3) is 8.34. The van der Waals surface area contributed by atoms with Gasteiger partial charge >= 0.3 is 0 Å². The highest BCUT2D eigenvalue weighted by Gasteiger charge is 2.05. The van der Waals surface area contributed by atoms with Crippen LogP contribution in [0, 0.1) is 11.6 Å². The molecule has 0 aromatic heterocycles. The molecular formula is C19H24F2IN3OS. The molecule has 1 atom stereocenters. The van der Waals surface area contributed by atoms with Crippen LogP contribution in [0.25, 0.3) is 0 Å². The van der Waals surface area contributed by atoms with E-state index in [1.54, 1.807) is 0 Å². The smallest absolute Gasteiger partial charge is 0.191 e. The van der Waals surface area contributed by atoms with Gasteiger partial charge in [0, 0.05) is 23.7 Å². The molecule has 0 bridgehead atoms. The van der Waals surface area contributed by atoms with Crippen molar-refractivity contribution in [2.45, 2.75) is 18.2 Å². The summed E-state index contributed by atoms with van der Waals surface area (Å²) in [6.07, 6.45) is 0.337. The number of guanidine groups is 1. The Bertz CT molecular complexity index is 760. The van der Waals surface area contributed by atoms with Gasteiger partial charge in [0.15, 0.2) is 5.96 Å². The van der Waals surface area contributed by atoms with Crippen LogP contribution >= 0.6 is 24.0 Å². The Morgan fingerprint density at radius 1 is 1.11 bits per heavy atom. The van der Waals surface area contributed by atoms with Gasteiger partial charge in [-0.05, 0) is 49.2 Å². The zero-order chi connectivity index (χ0) is 18.8. The zero-order valence-electron chi connectivity index (χ0n) is 15.1. The van der Waals surface area contributed by atoms with Gasteiger partial charge in [0.2, 0.25) is 0 Å².